The predicted octanol–water partition coefficient (Wildman–Crippen LogP) is -1.24. The van der Waals surface area contributed by atoms with Crippen molar-refractivity contribution >= 4 is 47.0 Å². The van der Waals surface area contributed by atoms with Crippen LogP contribution in [0, 0.1) is 0 Å². The van der Waals surface area contributed by atoms with Gasteiger partial charge in [-0.2, -0.15) is 0 Å². The molecule has 0 aromatic heterocycles. The van der Waals surface area contributed by atoms with Crippen LogP contribution in [0.4, 0.5) is 0 Å². The summed E-state index contributed by atoms with van der Waals surface area (Å²) >= 11 is 0. The first kappa shape index (κ1) is 141. The summed E-state index contributed by atoms with van der Waals surface area (Å²) in [5.74, 6) is 0. The summed E-state index contributed by atoms with van der Waals surface area (Å²) in [6.07, 6.45) is 0. The van der Waals surface area contributed by atoms with Crippen molar-refractivity contribution in [3.63, 3.8) is 0 Å². The maximum atomic E-state index is 0. The minimum absolute atomic E-state index is 0. The summed E-state index contributed by atoms with van der Waals surface area (Å²) in [6, 6.07) is 0. The first-order chi connectivity index (χ1) is 0. The van der Waals surface area contributed by atoms with Crippen LogP contribution in [0.5, 0.6) is 0 Å². The number of hydrogen-bond donors (Lipinski definition) is 0. The van der Waals surface area contributed by atoms with Gasteiger partial charge in [0.25, 0.3) is 0 Å². The monoisotopic (exact) mass is 272 g/mol. The zero-order valence-corrected chi connectivity index (χ0v) is 10.8. The van der Waals surface area contributed by atoms with E-state index in [1.165, 1.54) is 0 Å². The van der Waals surface area contributed by atoms with E-state index in [9.17, 15) is 0 Å². The van der Waals surface area contributed by atoms with Gasteiger partial charge in [0.15, 0.2) is 0 Å². The van der Waals surface area contributed by atoms with Gasteiger partial charge >= 0.3 is 66.4 Å². The third kappa shape index (κ3) is 70.9. The van der Waals surface area contributed by atoms with Crippen LogP contribution in [-0.2, 0) is 41.4 Å². The molecule has 0 atom stereocenters. The molecule has 0 N–H and O–H groups in total. The van der Waals surface area contributed by atoms with Gasteiger partial charge in [0.1, 0.15) is 0 Å². The van der Waals surface area contributed by atoms with Crippen LogP contribution in [0.2, 0.25) is 0 Å². The van der Waals surface area contributed by atoms with Crippen molar-refractivity contribution in [1.29, 1.82) is 0 Å². The second-order valence-electron chi connectivity index (χ2n) is 0. The van der Waals surface area contributed by atoms with E-state index in [1.54, 1.807) is 0 Å². The molecule has 0 aliphatic carbocycles. The molecule has 0 bridgehead atoms. The van der Waals surface area contributed by atoms with Gasteiger partial charge < -0.3 is 21.9 Å². The largest absolute Gasteiger partial charge is 4.00 e. The summed E-state index contributed by atoms with van der Waals surface area (Å²) in [7, 11) is 0. The summed E-state index contributed by atoms with van der Waals surface area (Å²) < 4.78 is 0. The minimum Gasteiger partial charge on any atom is -2.00 e. The molecule has 7 heavy (non-hydrogen) atoms. The van der Waals surface area contributed by atoms with Crippen LogP contribution < -0.4 is 0 Å². The van der Waals surface area contributed by atoms with Crippen molar-refractivity contribution in [2.75, 3.05) is 0 Å². The first-order valence-corrected chi connectivity index (χ1v) is 0. The molecule has 7 heteroatoms. The summed E-state index contributed by atoms with van der Waals surface area (Å²) in [6.45, 7) is 0. The molecular formula is MgO4SnZn. The van der Waals surface area contributed by atoms with Crippen molar-refractivity contribution in [3.8, 4) is 0 Å². The average Bonchev–Trinajstić information content (AvgIpc) is 0. The van der Waals surface area contributed by atoms with E-state index in [0.29, 0.717) is 0 Å². The third-order valence-corrected chi connectivity index (χ3v) is 0. The van der Waals surface area contributed by atoms with Crippen molar-refractivity contribution in [3.05, 3.63) is 0 Å². The van der Waals surface area contributed by atoms with Gasteiger partial charge in [-0.3, -0.25) is 0 Å². The molecule has 0 radical (unpaired) electrons. The van der Waals surface area contributed by atoms with Gasteiger partial charge in [-0.15, -0.1) is 0 Å². The maximum absolute atomic E-state index is 0. The van der Waals surface area contributed by atoms with E-state index in [1.807, 2.05) is 0 Å². The van der Waals surface area contributed by atoms with Crippen LogP contribution in [0.25, 0.3) is 0 Å². The van der Waals surface area contributed by atoms with Crippen LogP contribution in [0.3, 0.4) is 0 Å². The molecule has 0 aromatic carbocycles. The van der Waals surface area contributed by atoms with Crippen LogP contribution in [-0.4, -0.2) is 47.0 Å². The van der Waals surface area contributed by atoms with E-state index in [-0.39, 0.29) is 88.3 Å². The zero-order valence-electron chi connectivity index (χ0n) is 3.55. The molecule has 0 saturated carbocycles. The van der Waals surface area contributed by atoms with Gasteiger partial charge in [0, 0.05) is 0 Å². The molecule has 4 nitrogen and oxygen atoms in total. The van der Waals surface area contributed by atoms with Crippen molar-refractivity contribution in [2.45, 2.75) is 0 Å². The van der Waals surface area contributed by atoms with Gasteiger partial charge in [0.2, 0.25) is 0 Å². The van der Waals surface area contributed by atoms with Crippen molar-refractivity contribution in [1.82, 2.24) is 0 Å². The Labute approximate surface area is 87.5 Å². The van der Waals surface area contributed by atoms with E-state index in [2.05, 4.69) is 0 Å². The van der Waals surface area contributed by atoms with Crippen LogP contribution in [0.1, 0.15) is 0 Å². The van der Waals surface area contributed by atoms with E-state index >= 15 is 0 Å². The van der Waals surface area contributed by atoms with Gasteiger partial charge in [-0.05, 0) is 0 Å². The Hall–Kier alpha value is 2.03. The molecule has 0 aliphatic rings. The summed E-state index contributed by atoms with van der Waals surface area (Å²) in [5.41, 5.74) is 0. The molecule has 0 rings (SSSR count). The standard InChI is InChI=1S/Mg.4O.Sn.Zn/q+2;4*-2;+4;+2. The first-order valence-electron chi connectivity index (χ1n) is 0. The molecule has 0 amide bonds. The Bertz CT molecular complexity index is 11.7. The van der Waals surface area contributed by atoms with Gasteiger partial charge in [0.05, 0.1) is 0 Å². The normalized spacial score (nSPS) is 0. The molecule has 0 aromatic rings. The van der Waals surface area contributed by atoms with E-state index < -0.39 is 0 Å². The smallest absolute Gasteiger partial charge is 2.00 e. The van der Waals surface area contributed by atoms with Gasteiger partial charge in [-0.25, -0.2) is 0 Å². The van der Waals surface area contributed by atoms with Crippen molar-refractivity contribution < 1.29 is 41.4 Å². The Morgan fingerprint density at radius 1 is 0.571 bits per heavy atom. The average molecular weight is 272 g/mol. The maximum Gasteiger partial charge on any atom is 4.00 e. The predicted molar refractivity (Wildman–Crippen MR) is 14.3 cm³/mol. The molecule has 0 fully saturated rings. The fraction of sp³-hybridized carbons (Fsp3) is 0. The van der Waals surface area contributed by atoms with E-state index in [0.717, 1.165) is 0 Å². The SMILES string of the molecule is [Mg+2].[O-2].[O-2].[O-2].[O-2].[Sn+4].[Zn+2]. The van der Waals surface area contributed by atoms with Crippen LogP contribution >= 0.6 is 0 Å². The Balaban J connectivity index is 0. The molecule has 0 heterocycles. The fourth-order valence-electron chi connectivity index (χ4n) is 0. The summed E-state index contributed by atoms with van der Waals surface area (Å²) in [5, 5.41) is 0. The van der Waals surface area contributed by atoms with Crippen LogP contribution in [0.15, 0.2) is 0 Å². The molecule has 32 valence electrons. The fourth-order valence-corrected chi connectivity index (χ4v) is 0. The second kappa shape index (κ2) is 96.4. The Kier molecular flexibility index (Phi) is 1950. The Morgan fingerprint density at radius 2 is 0.571 bits per heavy atom. The van der Waals surface area contributed by atoms with Crippen molar-refractivity contribution in [2.24, 2.45) is 0 Å². The zero-order chi connectivity index (χ0) is 0. The number of rotatable bonds is 0. The molecule has 0 aliphatic heterocycles. The minimum atomic E-state index is 0. The number of hydrogen-bond acceptors (Lipinski definition) is 0. The molecular weight excluding hydrogens is 272 g/mol. The van der Waals surface area contributed by atoms with Gasteiger partial charge in [-0.1, -0.05) is 0 Å². The Morgan fingerprint density at radius 3 is 0.571 bits per heavy atom. The molecule has 0 saturated heterocycles. The summed E-state index contributed by atoms with van der Waals surface area (Å²) in [4.78, 5) is 0. The third-order valence-electron chi connectivity index (χ3n) is 0. The topological polar surface area (TPSA) is 114 Å². The molecule has 0 unspecified atom stereocenters. The second-order valence-corrected chi connectivity index (χ2v) is 0. The quantitative estimate of drug-likeness (QED) is 0.491. The van der Waals surface area contributed by atoms with E-state index in [4.69, 9.17) is 0 Å². The molecule has 0 spiro atoms.